The lowest BCUT2D eigenvalue weighted by atomic mass is 9.93. The zero-order chi connectivity index (χ0) is 11.5. The Morgan fingerprint density at radius 2 is 2.13 bits per heavy atom. The van der Waals surface area contributed by atoms with E-state index < -0.39 is 0 Å². The predicted octanol–water partition coefficient (Wildman–Crippen LogP) is 1.69. The van der Waals surface area contributed by atoms with Crippen molar-refractivity contribution < 1.29 is 9.84 Å². The van der Waals surface area contributed by atoms with Crippen LogP contribution in [-0.4, -0.2) is 23.9 Å². The van der Waals surface area contributed by atoms with Crippen molar-refractivity contribution in [3.8, 4) is 5.75 Å². The summed E-state index contributed by atoms with van der Waals surface area (Å²) in [6.07, 6.45) is 0.690. The molecule has 84 valence electrons. The lowest BCUT2D eigenvalue weighted by Crippen LogP contribution is -2.46. The number of benzene rings is 1. The second kappa shape index (κ2) is 4.64. The van der Waals surface area contributed by atoms with Crippen molar-refractivity contribution in [2.75, 3.05) is 7.11 Å². The summed E-state index contributed by atoms with van der Waals surface area (Å²) in [6, 6.07) is 7.05. The van der Waals surface area contributed by atoms with E-state index in [0.717, 1.165) is 5.56 Å². The second-order valence-electron chi connectivity index (χ2n) is 4.29. The number of ether oxygens (including phenoxy) is 1. The first kappa shape index (κ1) is 12.0. The molecule has 0 aliphatic carbocycles. The van der Waals surface area contributed by atoms with Gasteiger partial charge in [-0.2, -0.15) is 0 Å². The first-order valence-electron chi connectivity index (χ1n) is 5.04. The summed E-state index contributed by atoms with van der Waals surface area (Å²) in [5.74, 6) is 0.273. The van der Waals surface area contributed by atoms with Gasteiger partial charge in [-0.15, -0.1) is 0 Å². The molecule has 0 amide bonds. The molecule has 1 aromatic rings. The number of nitrogens with two attached hydrogens (primary N) is 1. The van der Waals surface area contributed by atoms with Gasteiger partial charge in [-0.05, 0) is 38.0 Å². The first-order valence-corrected chi connectivity index (χ1v) is 5.04. The molecule has 1 unspecified atom stereocenters. The van der Waals surface area contributed by atoms with E-state index in [1.54, 1.807) is 19.2 Å². The third kappa shape index (κ3) is 3.22. The van der Waals surface area contributed by atoms with Gasteiger partial charge < -0.3 is 15.6 Å². The van der Waals surface area contributed by atoms with Crippen LogP contribution in [0.25, 0.3) is 0 Å². The highest BCUT2D eigenvalue weighted by Crippen LogP contribution is 2.18. The van der Waals surface area contributed by atoms with Crippen molar-refractivity contribution in [1.82, 2.24) is 0 Å². The molecule has 1 aromatic carbocycles. The molecular formula is C12H19NO2. The number of methoxy groups -OCH3 is 1. The standard InChI is InChI=1S/C12H19NO2/c1-12(2,15-3)11(13)8-9-5-4-6-10(14)7-9/h4-7,11,14H,8,13H2,1-3H3. The number of aromatic hydroxyl groups is 1. The topological polar surface area (TPSA) is 55.5 Å². The van der Waals surface area contributed by atoms with Crippen LogP contribution < -0.4 is 5.73 Å². The summed E-state index contributed by atoms with van der Waals surface area (Å²) in [4.78, 5) is 0. The molecule has 15 heavy (non-hydrogen) atoms. The van der Waals surface area contributed by atoms with Gasteiger partial charge in [0.25, 0.3) is 0 Å². The van der Waals surface area contributed by atoms with E-state index in [4.69, 9.17) is 10.5 Å². The SMILES string of the molecule is COC(C)(C)C(N)Cc1cccc(O)c1. The number of phenolic OH excluding ortho intramolecular Hbond substituents is 1. The van der Waals surface area contributed by atoms with Gasteiger partial charge in [-0.25, -0.2) is 0 Å². The van der Waals surface area contributed by atoms with Gasteiger partial charge in [0.05, 0.1) is 5.60 Å². The molecule has 0 bridgehead atoms. The van der Waals surface area contributed by atoms with E-state index in [-0.39, 0.29) is 17.4 Å². The van der Waals surface area contributed by atoms with Crippen LogP contribution in [0.5, 0.6) is 5.75 Å². The number of rotatable bonds is 4. The summed E-state index contributed by atoms with van der Waals surface area (Å²) in [5, 5.41) is 9.31. The highest BCUT2D eigenvalue weighted by Gasteiger charge is 2.25. The van der Waals surface area contributed by atoms with E-state index >= 15 is 0 Å². The number of phenols is 1. The van der Waals surface area contributed by atoms with E-state index in [0.29, 0.717) is 6.42 Å². The molecule has 0 aromatic heterocycles. The van der Waals surface area contributed by atoms with Crippen LogP contribution in [0.3, 0.4) is 0 Å². The summed E-state index contributed by atoms with van der Waals surface area (Å²) in [5.41, 5.74) is 6.70. The third-order valence-electron chi connectivity index (χ3n) is 2.79. The largest absolute Gasteiger partial charge is 0.508 e. The molecule has 0 aliphatic rings. The minimum Gasteiger partial charge on any atom is -0.508 e. The third-order valence-corrected chi connectivity index (χ3v) is 2.79. The fourth-order valence-electron chi connectivity index (χ4n) is 1.33. The van der Waals surface area contributed by atoms with Crippen LogP contribution in [0.15, 0.2) is 24.3 Å². The molecule has 3 heteroatoms. The highest BCUT2D eigenvalue weighted by molar-refractivity contribution is 5.27. The molecular weight excluding hydrogens is 190 g/mol. The molecule has 0 saturated heterocycles. The van der Waals surface area contributed by atoms with Crippen molar-refractivity contribution in [2.45, 2.75) is 31.9 Å². The van der Waals surface area contributed by atoms with Gasteiger partial charge in [0, 0.05) is 13.2 Å². The maximum atomic E-state index is 9.31. The highest BCUT2D eigenvalue weighted by atomic mass is 16.5. The molecule has 3 nitrogen and oxygen atoms in total. The zero-order valence-corrected chi connectivity index (χ0v) is 9.53. The molecule has 0 radical (unpaired) electrons. The summed E-state index contributed by atoms with van der Waals surface area (Å²) < 4.78 is 5.31. The smallest absolute Gasteiger partial charge is 0.115 e. The van der Waals surface area contributed by atoms with Crippen LogP contribution in [0.1, 0.15) is 19.4 Å². The Morgan fingerprint density at radius 3 is 2.67 bits per heavy atom. The Labute approximate surface area is 90.9 Å². The Kier molecular flexibility index (Phi) is 3.72. The maximum Gasteiger partial charge on any atom is 0.115 e. The fourth-order valence-corrected chi connectivity index (χ4v) is 1.33. The molecule has 0 fully saturated rings. The summed E-state index contributed by atoms with van der Waals surface area (Å²) in [6.45, 7) is 3.92. The van der Waals surface area contributed by atoms with E-state index in [1.165, 1.54) is 0 Å². The Balaban J connectivity index is 2.70. The van der Waals surface area contributed by atoms with Crippen molar-refractivity contribution in [3.63, 3.8) is 0 Å². The lowest BCUT2D eigenvalue weighted by molar-refractivity contribution is 0.000794. The summed E-state index contributed by atoms with van der Waals surface area (Å²) >= 11 is 0. The van der Waals surface area contributed by atoms with Gasteiger partial charge in [0.15, 0.2) is 0 Å². The van der Waals surface area contributed by atoms with Crippen LogP contribution >= 0.6 is 0 Å². The van der Waals surface area contributed by atoms with Gasteiger partial charge >= 0.3 is 0 Å². The van der Waals surface area contributed by atoms with Gasteiger partial charge in [0.1, 0.15) is 5.75 Å². The second-order valence-corrected chi connectivity index (χ2v) is 4.29. The first-order chi connectivity index (χ1) is 6.95. The van der Waals surface area contributed by atoms with E-state index in [1.807, 2.05) is 26.0 Å². The molecule has 3 N–H and O–H groups in total. The molecule has 0 spiro atoms. The lowest BCUT2D eigenvalue weighted by Gasteiger charge is -2.30. The average molecular weight is 209 g/mol. The van der Waals surface area contributed by atoms with Crippen molar-refractivity contribution >= 4 is 0 Å². The molecule has 0 heterocycles. The Morgan fingerprint density at radius 1 is 1.47 bits per heavy atom. The number of hydrogen-bond donors (Lipinski definition) is 2. The number of hydrogen-bond acceptors (Lipinski definition) is 3. The minimum absolute atomic E-state index is 0.0932. The maximum absolute atomic E-state index is 9.31. The van der Waals surface area contributed by atoms with Crippen LogP contribution in [0.4, 0.5) is 0 Å². The molecule has 0 aliphatic heterocycles. The normalized spacial score (nSPS) is 13.9. The van der Waals surface area contributed by atoms with Crippen LogP contribution in [-0.2, 0) is 11.2 Å². The van der Waals surface area contributed by atoms with Crippen molar-refractivity contribution in [1.29, 1.82) is 0 Å². The Bertz CT molecular complexity index is 323. The van der Waals surface area contributed by atoms with Crippen LogP contribution in [0, 0.1) is 0 Å². The monoisotopic (exact) mass is 209 g/mol. The molecule has 1 atom stereocenters. The minimum atomic E-state index is -0.356. The quantitative estimate of drug-likeness (QED) is 0.793. The summed E-state index contributed by atoms with van der Waals surface area (Å²) in [7, 11) is 1.66. The van der Waals surface area contributed by atoms with Crippen molar-refractivity contribution in [3.05, 3.63) is 29.8 Å². The molecule has 1 rings (SSSR count). The molecule has 0 saturated carbocycles. The van der Waals surface area contributed by atoms with Gasteiger partial charge in [-0.3, -0.25) is 0 Å². The fraction of sp³-hybridized carbons (Fsp3) is 0.500. The Hall–Kier alpha value is -1.06. The van der Waals surface area contributed by atoms with Crippen LogP contribution in [0.2, 0.25) is 0 Å². The van der Waals surface area contributed by atoms with Gasteiger partial charge in [-0.1, -0.05) is 12.1 Å². The van der Waals surface area contributed by atoms with Gasteiger partial charge in [0.2, 0.25) is 0 Å². The van der Waals surface area contributed by atoms with Crippen molar-refractivity contribution in [2.24, 2.45) is 5.73 Å². The average Bonchev–Trinajstić information content (AvgIpc) is 2.17. The van der Waals surface area contributed by atoms with E-state index in [9.17, 15) is 5.11 Å². The zero-order valence-electron chi connectivity index (χ0n) is 9.53. The van der Waals surface area contributed by atoms with E-state index in [2.05, 4.69) is 0 Å². The predicted molar refractivity (Wildman–Crippen MR) is 60.9 cm³/mol.